The first-order valence-electron chi connectivity index (χ1n) is 9.25. The monoisotopic (exact) mass is 440 g/mol. The Labute approximate surface area is 173 Å². The predicted octanol–water partition coefficient (Wildman–Crippen LogP) is 2.96. The van der Waals surface area contributed by atoms with Gasteiger partial charge in [0.15, 0.2) is 4.87 Å². The lowest BCUT2D eigenvalue weighted by Crippen LogP contribution is -2.56. The summed E-state index contributed by atoms with van der Waals surface area (Å²) in [4.78, 5) is 11.2. The van der Waals surface area contributed by atoms with Crippen molar-refractivity contribution in [1.29, 1.82) is 0 Å². The fraction of sp³-hybridized carbons (Fsp3) is 0.300. The van der Waals surface area contributed by atoms with E-state index < -0.39 is 34.8 Å². The summed E-state index contributed by atoms with van der Waals surface area (Å²) in [5, 5.41) is 4.77. The number of hydrazone groups is 1. The number of para-hydroxylation sites is 1. The Morgan fingerprint density at radius 2 is 2.07 bits per heavy atom. The van der Waals surface area contributed by atoms with Crippen LogP contribution in [0.15, 0.2) is 47.6 Å². The molecule has 2 aliphatic rings. The van der Waals surface area contributed by atoms with Crippen LogP contribution in [0, 0.1) is 17.6 Å². The Morgan fingerprint density at radius 1 is 1.30 bits per heavy atom. The van der Waals surface area contributed by atoms with Crippen LogP contribution < -0.4 is 10.5 Å². The van der Waals surface area contributed by atoms with Crippen molar-refractivity contribution in [3.63, 3.8) is 0 Å². The molecule has 0 radical (unpaired) electrons. The van der Waals surface area contributed by atoms with E-state index in [1.54, 1.807) is 24.3 Å². The number of carbonyl (C=O) groups excluding carboxylic acids is 1. The molecule has 1 amide bonds. The van der Waals surface area contributed by atoms with Crippen molar-refractivity contribution in [1.82, 2.24) is 5.01 Å². The maximum Gasteiger partial charge on any atom is 0.317 e. The SMILES string of the molecule is [NH3+]CCC1COc2ccccc2C12SC(c1cc(F)ccc1F)=NN2C(=O)C(F)F. The van der Waals surface area contributed by atoms with Gasteiger partial charge in [-0.1, -0.05) is 30.0 Å². The van der Waals surface area contributed by atoms with Crippen LogP contribution in [0.25, 0.3) is 0 Å². The maximum absolute atomic E-state index is 14.5. The fourth-order valence-corrected chi connectivity index (χ4v) is 5.35. The Balaban J connectivity index is 1.92. The zero-order chi connectivity index (χ0) is 21.5. The highest BCUT2D eigenvalue weighted by atomic mass is 32.2. The number of fused-ring (bicyclic) bond motifs is 2. The molecule has 10 heteroatoms. The number of nitrogens with zero attached hydrogens (tertiary/aromatic N) is 2. The minimum atomic E-state index is -3.32. The molecule has 2 aromatic carbocycles. The van der Waals surface area contributed by atoms with Crippen molar-refractivity contribution in [3.05, 3.63) is 65.2 Å². The average molecular weight is 440 g/mol. The predicted molar refractivity (Wildman–Crippen MR) is 103 cm³/mol. The van der Waals surface area contributed by atoms with Gasteiger partial charge in [-0.25, -0.2) is 13.8 Å². The third-order valence-corrected chi connectivity index (χ3v) is 6.66. The summed E-state index contributed by atoms with van der Waals surface area (Å²) in [5.41, 5.74) is 4.12. The molecule has 30 heavy (non-hydrogen) atoms. The Bertz CT molecular complexity index is 1020. The van der Waals surface area contributed by atoms with Gasteiger partial charge in [0, 0.05) is 23.5 Å². The highest BCUT2D eigenvalue weighted by Gasteiger charge is 2.58. The summed E-state index contributed by atoms with van der Waals surface area (Å²) in [6.45, 7) is 0.597. The minimum Gasteiger partial charge on any atom is -0.493 e. The van der Waals surface area contributed by atoms with E-state index in [0.29, 0.717) is 24.3 Å². The minimum absolute atomic E-state index is 0.0493. The van der Waals surface area contributed by atoms with E-state index >= 15 is 0 Å². The molecule has 158 valence electrons. The third kappa shape index (κ3) is 3.24. The first-order valence-corrected chi connectivity index (χ1v) is 10.1. The summed E-state index contributed by atoms with van der Waals surface area (Å²) >= 11 is 0.962. The van der Waals surface area contributed by atoms with Gasteiger partial charge < -0.3 is 10.5 Å². The van der Waals surface area contributed by atoms with Crippen molar-refractivity contribution in [2.45, 2.75) is 17.7 Å². The Kier molecular flexibility index (Phi) is 5.46. The summed E-state index contributed by atoms with van der Waals surface area (Å²) in [6, 6.07) is 9.58. The van der Waals surface area contributed by atoms with E-state index in [9.17, 15) is 22.4 Å². The van der Waals surface area contributed by atoms with E-state index in [1.165, 1.54) is 0 Å². The van der Waals surface area contributed by atoms with Gasteiger partial charge in [-0.05, 0) is 24.3 Å². The standard InChI is InChI=1S/C20H17F4N3O2S/c21-12-5-6-15(22)13(9-12)18-26-27(19(28)17(23)24)20(30-18)11(7-8-25)10-29-16-4-2-1-3-14(16)20/h1-6,9,11,17H,7-8,10,25H2/p+1. The Hall–Kier alpha value is -2.59. The normalized spacial score (nSPS) is 22.8. The molecular weight excluding hydrogens is 422 g/mol. The molecule has 2 atom stereocenters. The highest BCUT2D eigenvalue weighted by Crippen LogP contribution is 2.57. The number of thioether (sulfide) groups is 1. The van der Waals surface area contributed by atoms with Gasteiger partial charge in [0.1, 0.15) is 22.4 Å². The number of halogens is 4. The molecular formula is C20H18F4N3O2S+. The second kappa shape index (κ2) is 7.92. The number of carbonyl (C=O) groups is 1. The number of quaternary nitrogens is 1. The summed E-state index contributed by atoms with van der Waals surface area (Å²) in [6.07, 6.45) is -2.87. The molecule has 2 aliphatic heterocycles. The van der Waals surface area contributed by atoms with Crippen LogP contribution in [0.3, 0.4) is 0 Å². The van der Waals surface area contributed by atoms with Gasteiger partial charge in [-0.3, -0.25) is 4.79 Å². The van der Waals surface area contributed by atoms with Crippen molar-refractivity contribution in [2.24, 2.45) is 11.0 Å². The number of rotatable bonds is 4. The van der Waals surface area contributed by atoms with E-state index in [1.807, 2.05) is 0 Å². The van der Waals surface area contributed by atoms with Gasteiger partial charge in [-0.2, -0.15) is 13.9 Å². The van der Waals surface area contributed by atoms with Crippen molar-refractivity contribution < 1.29 is 32.8 Å². The van der Waals surface area contributed by atoms with E-state index in [2.05, 4.69) is 10.8 Å². The second-order valence-corrected chi connectivity index (χ2v) is 8.14. The molecule has 2 aromatic rings. The van der Waals surface area contributed by atoms with Crippen LogP contribution in [-0.4, -0.2) is 35.5 Å². The van der Waals surface area contributed by atoms with Crippen LogP contribution in [0.4, 0.5) is 17.6 Å². The highest BCUT2D eigenvalue weighted by molar-refractivity contribution is 8.15. The number of hydrogen-bond donors (Lipinski definition) is 1. The lowest BCUT2D eigenvalue weighted by Gasteiger charge is -2.45. The number of hydrogen-bond acceptors (Lipinski definition) is 4. The molecule has 2 unspecified atom stereocenters. The molecule has 5 nitrogen and oxygen atoms in total. The van der Waals surface area contributed by atoms with Crippen molar-refractivity contribution >= 4 is 22.7 Å². The van der Waals surface area contributed by atoms with E-state index in [4.69, 9.17) is 4.74 Å². The smallest absolute Gasteiger partial charge is 0.317 e. The molecule has 0 saturated heterocycles. The molecule has 0 aromatic heterocycles. The molecule has 2 heterocycles. The molecule has 0 fully saturated rings. The van der Waals surface area contributed by atoms with Crippen LogP contribution in [-0.2, 0) is 9.67 Å². The Morgan fingerprint density at radius 3 is 2.80 bits per heavy atom. The third-order valence-electron chi connectivity index (χ3n) is 5.13. The first kappa shape index (κ1) is 20.7. The molecule has 3 N–H and O–H groups in total. The molecule has 4 rings (SSSR count). The average Bonchev–Trinajstić information content (AvgIpc) is 3.12. The number of alkyl halides is 2. The summed E-state index contributed by atoms with van der Waals surface area (Å²) in [7, 11) is 0. The number of benzene rings is 2. The lowest BCUT2D eigenvalue weighted by molar-refractivity contribution is -0.371. The van der Waals surface area contributed by atoms with Crippen molar-refractivity contribution in [3.8, 4) is 5.75 Å². The van der Waals surface area contributed by atoms with Crippen molar-refractivity contribution in [2.75, 3.05) is 13.2 Å². The molecule has 1 spiro atoms. The fourth-order valence-electron chi connectivity index (χ4n) is 3.81. The largest absolute Gasteiger partial charge is 0.493 e. The molecule has 0 aliphatic carbocycles. The van der Waals surface area contributed by atoms with Gasteiger partial charge in [0.2, 0.25) is 0 Å². The summed E-state index contributed by atoms with van der Waals surface area (Å²) < 4.78 is 61.1. The van der Waals surface area contributed by atoms with Gasteiger partial charge in [-0.15, -0.1) is 0 Å². The first-order chi connectivity index (χ1) is 14.4. The van der Waals surface area contributed by atoms with Gasteiger partial charge >= 0.3 is 12.3 Å². The van der Waals surface area contributed by atoms with Gasteiger partial charge in [0.05, 0.1) is 13.2 Å². The molecule has 0 bridgehead atoms. The lowest BCUT2D eigenvalue weighted by atomic mass is 9.86. The second-order valence-electron chi connectivity index (χ2n) is 6.92. The summed E-state index contributed by atoms with van der Waals surface area (Å²) in [5.74, 6) is -3.01. The topological polar surface area (TPSA) is 69.5 Å². The quantitative estimate of drug-likeness (QED) is 0.744. The zero-order valence-electron chi connectivity index (χ0n) is 15.7. The van der Waals surface area contributed by atoms with Crippen LogP contribution in [0.2, 0.25) is 0 Å². The number of ether oxygens (including phenoxy) is 1. The van der Waals surface area contributed by atoms with E-state index in [-0.39, 0.29) is 17.2 Å². The zero-order valence-corrected chi connectivity index (χ0v) is 16.5. The number of amides is 1. The molecule has 0 saturated carbocycles. The van der Waals surface area contributed by atoms with Crippen LogP contribution >= 0.6 is 11.8 Å². The van der Waals surface area contributed by atoms with Crippen LogP contribution in [0.5, 0.6) is 5.75 Å². The maximum atomic E-state index is 14.5. The van der Waals surface area contributed by atoms with E-state index in [0.717, 1.165) is 35.0 Å². The van der Waals surface area contributed by atoms with Gasteiger partial charge in [0.25, 0.3) is 0 Å². The van der Waals surface area contributed by atoms with Crippen LogP contribution in [0.1, 0.15) is 17.5 Å².